The molecule has 128 valence electrons. The lowest BCUT2D eigenvalue weighted by Gasteiger charge is -2.29. The van der Waals surface area contributed by atoms with Crippen molar-refractivity contribution in [1.82, 2.24) is 4.90 Å². The molecule has 1 unspecified atom stereocenters. The number of rotatable bonds is 4. The molecule has 1 saturated carbocycles. The Bertz CT molecular complexity index is 625. The molecule has 1 aliphatic heterocycles. The van der Waals surface area contributed by atoms with E-state index in [1.54, 1.807) is 31.2 Å². The molecule has 6 heteroatoms. The largest absolute Gasteiger partial charge is 0.464 e. The Morgan fingerprint density at radius 1 is 1.08 bits per heavy atom. The highest BCUT2D eigenvalue weighted by molar-refractivity contribution is 6.22. The minimum Gasteiger partial charge on any atom is -0.464 e. The van der Waals surface area contributed by atoms with E-state index in [0.717, 1.165) is 32.1 Å². The minimum absolute atomic E-state index is 0.121. The summed E-state index contributed by atoms with van der Waals surface area (Å²) in [6, 6.07) is 7.06. The van der Waals surface area contributed by atoms with Crippen LogP contribution in [0.15, 0.2) is 30.3 Å². The molecular weight excluding hydrogens is 308 g/mol. The van der Waals surface area contributed by atoms with Crippen molar-refractivity contribution < 1.29 is 19.1 Å². The van der Waals surface area contributed by atoms with E-state index in [4.69, 9.17) is 4.74 Å². The predicted molar refractivity (Wildman–Crippen MR) is 88.5 cm³/mol. The normalized spacial score (nSPS) is 22.1. The molecule has 2 aliphatic rings. The summed E-state index contributed by atoms with van der Waals surface area (Å²) < 4.78 is 5.05. The summed E-state index contributed by atoms with van der Waals surface area (Å²) in [4.78, 5) is 40.7. The summed E-state index contributed by atoms with van der Waals surface area (Å²) in [5, 5.41) is 0. The Kier molecular flexibility index (Phi) is 4.83. The number of benzene rings is 1. The number of urea groups is 1. The second-order valence-corrected chi connectivity index (χ2v) is 6.14. The van der Waals surface area contributed by atoms with Gasteiger partial charge in [0, 0.05) is 11.7 Å². The van der Waals surface area contributed by atoms with E-state index in [9.17, 15) is 14.4 Å². The van der Waals surface area contributed by atoms with Gasteiger partial charge in [0.15, 0.2) is 0 Å². The van der Waals surface area contributed by atoms with E-state index in [0.29, 0.717) is 5.69 Å². The van der Waals surface area contributed by atoms with Gasteiger partial charge in [-0.2, -0.15) is 0 Å². The molecule has 1 aliphatic carbocycles. The molecule has 0 spiro atoms. The fourth-order valence-corrected chi connectivity index (χ4v) is 3.51. The maximum Gasteiger partial charge on any atom is 0.339 e. The van der Waals surface area contributed by atoms with Crippen LogP contribution in [0.25, 0.3) is 0 Å². The van der Waals surface area contributed by atoms with Gasteiger partial charge in [-0.05, 0) is 31.9 Å². The zero-order chi connectivity index (χ0) is 17.1. The van der Waals surface area contributed by atoms with Crippen LogP contribution in [0.3, 0.4) is 0 Å². The number of esters is 1. The molecule has 0 radical (unpaired) electrons. The molecule has 2 fully saturated rings. The zero-order valence-corrected chi connectivity index (χ0v) is 13.8. The highest BCUT2D eigenvalue weighted by atomic mass is 16.5. The number of hydrogen-bond acceptors (Lipinski definition) is 4. The first-order valence-electron chi connectivity index (χ1n) is 8.53. The van der Waals surface area contributed by atoms with Gasteiger partial charge in [0.25, 0.3) is 5.91 Å². The van der Waals surface area contributed by atoms with E-state index in [1.807, 2.05) is 6.07 Å². The van der Waals surface area contributed by atoms with Gasteiger partial charge in [-0.3, -0.25) is 14.6 Å². The van der Waals surface area contributed by atoms with Crippen molar-refractivity contribution in [3.63, 3.8) is 0 Å². The highest BCUT2D eigenvalue weighted by Gasteiger charge is 2.52. The molecule has 1 heterocycles. The maximum absolute atomic E-state index is 13.0. The van der Waals surface area contributed by atoms with Gasteiger partial charge in [0.2, 0.25) is 6.04 Å². The van der Waals surface area contributed by atoms with E-state index >= 15 is 0 Å². The number of hydrogen-bond donors (Lipinski definition) is 0. The molecule has 1 saturated heterocycles. The molecule has 24 heavy (non-hydrogen) atoms. The second-order valence-electron chi connectivity index (χ2n) is 6.14. The van der Waals surface area contributed by atoms with Gasteiger partial charge in [0.1, 0.15) is 0 Å². The zero-order valence-electron chi connectivity index (χ0n) is 13.8. The quantitative estimate of drug-likeness (QED) is 0.484. The van der Waals surface area contributed by atoms with Crippen LogP contribution in [0.4, 0.5) is 10.5 Å². The molecular formula is C18H22N2O4. The van der Waals surface area contributed by atoms with Gasteiger partial charge in [-0.15, -0.1) is 0 Å². The van der Waals surface area contributed by atoms with Gasteiger partial charge in [0.05, 0.1) is 6.61 Å². The topological polar surface area (TPSA) is 66.9 Å². The molecule has 0 aromatic heterocycles. The van der Waals surface area contributed by atoms with E-state index < -0.39 is 23.9 Å². The number of carbonyl (C=O) groups is 3. The molecule has 1 aromatic carbocycles. The van der Waals surface area contributed by atoms with Gasteiger partial charge in [-0.25, -0.2) is 9.59 Å². The first-order valence-corrected chi connectivity index (χ1v) is 8.53. The third-order valence-corrected chi connectivity index (χ3v) is 4.63. The molecule has 0 N–H and O–H groups in total. The number of amides is 3. The minimum atomic E-state index is -1.22. The van der Waals surface area contributed by atoms with Crippen molar-refractivity contribution in [3.05, 3.63) is 30.3 Å². The van der Waals surface area contributed by atoms with Crippen LogP contribution in [-0.4, -0.2) is 41.5 Å². The first kappa shape index (κ1) is 16.5. The van der Waals surface area contributed by atoms with Crippen molar-refractivity contribution in [3.8, 4) is 0 Å². The summed E-state index contributed by atoms with van der Waals surface area (Å²) in [7, 11) is 0. The molecule has 1 atom stereocenters. The van der Waals surface area contributed by atoms with Crippen LogP contribution in [0.2, 0.25) is 0 Å². The molecule has 6 nitrogen and oxygen atoms in total. The van der Waals surface area contributed by atoms with Crippen LogP contribution in [0, 0.1) is 0 Å². The summed E-state index contributed by atoms with van der Waals surface area (Å²) in [5.74, 6) is -1.13. The Labute approximate surface area is 141 Å². The van der Waals surface area contributed by atoms with Gasteiger partial charge < -0.3 is 4.74 Å². The lowest BCUT2D eigenvalue weighted by molar-refractivity contribution is -0.148. The Morgan fingerprint density at radius 3 is 2.38 bits per heavy atom. The lowest BCUT2D eigenvalue weighted by atomic mass is 9.94. The Balaban J connectivity index is 1.96. The fraction of sp³-hybridized carbons (Fsp3) is 0.500. The van der Waals surface area contributed by atoms with E-state index in [2.05, 4.69) is 0 Å². The SMILES string of the molecule is CCOC(=O)C1C(=O)N(C2CCCCC2)C(=O)N1c1ccccc1. The number of ether oxygens (including phenoxy) is 1. The van der Waals surface area contributed by atoms with Gasteiger partial charge >= 0.3 is 12.0 Å². The summed E-state index contributed by atoms with van der Waals surface area (Å²) in [5.41, 5.74) is 0.534. The van der Waals surface area contributed by atoms with E-state index in [-0.39, 0.29) is 12.6 Å². The number of carbonyl (C=O) groups excluding carboxylic acids is 3. The fourth-order valence-electron chi connectivity index (χ4n) is 3.51. The van der Waals surface area contributed by atoms with Crippen LogP contribution in [0.1, 0.15) is 39.0 Å². The third-order valence-electron chi connectivity index (χ3n) is 4.63. The van der Waals surface area contributed by atoms with Crippen molar-refractivity contribution >= 4 is 23.6 Å². The summed E-state index contributed by atoms with van der Waals surface area (Å²) >= 11 is 0. The number of imide groups is 1. The van der Waals surface area contributed by atoms with Crippen LogP contribution >= 0.6 is 0 Å². The number of anilines is 1. The Hall–Kier alpha value is -2.37. The predicted octanol–water partition coefficient (Wildman–Crippen LogP) is 2.72. The van der Waals surface area contributed by atoms with Crippen LogP contribution in [0.5, 0.6) is 0 Å². The molecule has 1 aromatic rings. The highest BCUT2D eigenvalue weighted by Crippen LogP contribution is 2.32. The summed E-state index contributed by atoms with van der Waals surface area (Å²) in [6.45, 7) is 1.85. The molecule has 3 amide bonds. The molecule has 3 rings (SSSR count). The third kappa shape index (κ3) is 2.88. The number of nitrogens with zero attached hydrogens (tertiary/aromatic N) is 2. The standard InChI is InChI=1S/C18H22N2O4/c1-2-24-17(22)15-16(21)20(14-11-7-4-8-12-14)18(23)19(15)13-9-5-3-6-10-13/h3,5-6,9-10,14-15H,2,4,7-8,11-12H2,1H3. The van der Waals surface area contributed by atoms with Crippen LogP contribution in [-0.2, 0) is 14.3 Å². The first-order chi connectivity index (χ1) is 11.6. The van der Waals surface area contributed by atoms with Crippen LogP contribution < -0.4 is 4.90 Å². The Morgan fingerprint density at radius 2 is 1.75 bits per heavy atom. The van der Waals surface area contributed by atoms with Crippen molar-refractivity contribution in [2.45, 2.75) is 51.1 Å². The lowest BCUT2D eigenvalue weighted by Crippen LogP contribution is -2.43. The van der Waals surface area contributed by atoms with Crippen molar-refractivity contribution in [2.24, 2.45) is 0 Å². The van der Waals surface area contributed by atoms with Crippen molar-refractivity contribution in [2.75, 3.05) is 11.5 Å². The second kappa shape index (κ2) is 7.03. The summed E-state index contributed by atoms with van der Waals surface area (Å²) in [6.07, 6.45) is 4.72. The van der Waals surface area contributed by atoms with Gasteiger partial charge in [-0.1, -0.05) is 37.5 Å². The maximum atomic E-state index is 13.0. The van der Waals surface area contributed by atoms with E-state index in [1.165, 1.54) is 9.80 Å². The smallest absolute Gasteiger partial charge is 0.339 e. The average Bonchev–Trinajstić information content (AvgIpc) is 2.87. The number of para-hydroxylation sites is 1. The average molecular weight is 330 g/mol. The molecule has 0 bridgehead atoms. The monoisotopic (exact) mass is 330 g/mol. The van der Waals surface area contributed by atoms with Crippen molar-refractivity contribution in [1.29, 1.82) is 0 Å².